The average molecular weight is 412 g/mol. The lowest BCUT2D eigenvalue weighted by atomic mass is 10.1. The molecule has 0 saturated carbocycles. The predicted molar refractivity (Wildman–Crippen MR) is 120 cm³/mol. The van der Waals surface area contributed by atoms with Crippen molar-refractivity contribution in [3.63, 3.8) is 0 Å². The Morgan fingerprint density at radius 3 is 2.71 bits per heavy atom. The van der Waals surface area contributed by atoms with Gasteiger partial charge >= 0.3 is 0 Å². The molecule has 0 unspecified atom stereocenters. The molecule has 1 amide bonds. The lowest BCUT2D eigenvalue weighted by Crippen LogP contribution is -2.32. The third-order valence-electron chi connectivity index (χ3n) is 5.34. The molecule has 156 valence electrons. The van der Waals surface area contributed by atoms with E-state index in [-0.39, 0.29) is 17.6 Å². The van der Waals surface area contributed by atoms with Crippen molar-refractivity contribution < 1.29 is 14.3 Å². The zero-order chi connectivity index (χ0) is 21.5. The van der Waals surface area contributed by atoms with Crippen molar-refractivity contribution in [3.8, 4) is 11.8 Å². The van der Waals surface area contributed by atoms with Crippen molar-refractivity contribution in [2.75, 3.05) is 13.2 Å². The highest BCUT2D eigenvalue weighted by atomic mass is 16.5. The van der Waals surface area contributed by atoms with Crippen LogP contribution >= 0.6 is 0 Å². The zero-order valence-corrected chi connectivity index (χ0v) is 17.2. The normalized spacial score (nSPS) is 16.1. The molecule has 1 N–H and O–H groups in total. The monoisotopic (exact) mass is 412 g/mol. The standard InChI is InChI=1S/C26H24N2O3/c27-16-22(26(29)28-17-24-8-4-14-30-24)15-19-10-12-23(13-11-19)31-18-21-7-3-6-20-5-1-2-9-25(20)21/h1-3,5-7,9-13,15,24H,4,8,14,17-18H2,(H,28,29)/b22-15+/t24-/m0/s1. The number of rotatable bonds is 7. The fourth-order valence-corrected chi connectivity index (χ4v) is 3.66. The predicted octanol–water partition coefficient (Wildman–Crippen LogP) is 4.62. The maximum absolute atomic E-state index is 12.3. The molecular weight excluding hydrogens is 388 g/mol. The Kier molecular flexibility index (Phi) is 6.61. The van der Waals surface area contributed by atoms with Crippen LogP contribution in [0.25, 0.3) is 16.8 Å². The van der Waals surface area contributed by atoms with Crippen LogP contribution in [0.2, 0.25) is 0 Å². The van der Waals surface area contributed by atoms with E-state index in [0.717, 1.165) is 36.3 Å². The van der Waals surface area contributed by atoms with Crippen molar-refractivity contribution in [1.29, 1.82) is 5.26 Å². The number of nitriles is 1. The largest absolute Gasteiger partial charge is 0.489 e. The van der Waals surface area contributed by atoms with Crippen LogP contribution in [0, 0.1) is 11.3 Å². The summed E-state index contributed by atoms with van der Waals surface area (Å²) < 4.78 is 11.4. The maximum atomic E-state index is 12.3. The van der Waals surface area contributed by atoms with Crippen molar-refractivity contribution in [2.45, 2.75) is 25.6 Å². The first-order valence-electron chi connectivity index (χ1n) is 10.4. The van der Waals surface area contributed by atoms with Crippen LogP contribution in [0.15, 0.2) is 72.3 Å². The van der Waals surface area contributed by atoms with Gasteiger partial charge < -0.3 is 14.8 Å². The molecule has 1 aliphatic heterocycles. The van der Waals surface area contributed by atoms with Crippen LogP contribution in [-0.2, 0) is 16.1 Å². The molecule has 31 heavy (non-hydrogen) atoms. The Morgan fingerprint density at radius 1 is 1.13 bits per heavy atom. The second kappa shape index (κ2) is 9.92. The lowest BCUT2D eigenvalue weighted by molar-refractivity contribution is -0.117. The second-order valence-corrected chi connectivity index (χ2v) is 7.51. The summed E-state index contributed by atoms with van der Waals surface area (Å²) in [5.41, 5.74) is 1.96. The number of carbonyl (C=O) groups excluding carboxylic acids is 1. The van der Waals surface area contributed by atoms with Gasteiger partial charge in [-0.05, 0) is 52.9 Å². The minimum absolute atomic E-state index is 0.0436. The van der Waals surface area contributed by atoms with Crippen molar-refractivity contribution in [2.24, 2.45) is 0 Å². The number of hydrogen-bond acceptors (Lipinski definition) is 4. The fraction of sp³-hybridized carbons (Fsp3) is 0.231. The van der Waals surface area contributed by atoms with Crippen LogP contribution in [-0.4, -0.2) is 25.2 Å². The number of benzene rings is 3. The van der Waals surface area contributed by atoms with Gasteiger partial charge in [0.1, 0.15) is 24.0 Å². The summed E-state index contributed by atoms with van der Waals surface area (Å²) in [4.78, 5) is 12.3. The van der Waals surface area contributed by atoms with Crippen LogP contribution in [0.1, 0.15) is 24.0 Å². The number of nitrogens with one attached hydrogen (secondary N) is 1. The van der Waals surface area contributed by atoms with Gasteiger partial charge in [-0.1, -0.05) is 54.6 Å². The summed E-state index contributed by atoms with van der Waals surface area (Å²) in [7, 11) is 0. The van der Waals surface area contributed by atoms with Crippen LogP contribution in [0.4, 0.5) is 0 Å². The van der Waals surface area contributed by atoms with E-state index in [1.165, 1.54) is 10.8 Å². The van der Waals surface area contributed by atoms with Gasteiger partial charge in [-0.25, -0.2) is 0 Å². The van der Waals surface area contributed by atoms with Gasteiger partial charge in [0.2, 0.25) is 0 Å². The summed E-state index contributed by atoms with van der Waals surface area (Å²) in [6.07, 6.45) is 3.57. The molecule has 0 radical (unpaired) electrons. The third kappa shape index (κ3) is 5.30. The second-order valence-electron chi connectivity index (χ2n) is 7.51. The number of ether oxygens (including phenoxy) is 2. The Bertz CT molecular complexity index is 1120. The minimum Gasteiger partial charge on any atom is -0.489 e. The molecule has 5 heteroatoms. The molecule has 0 aliphatic carbocycles. The Morgan fingerprint density at radius 2 is 1.94 bits per heavy atom. The smallest absolute Gasteiger partial charge is 0.262 e. The molecule has 0 aromatic heterocycles. The summed E-state index contributed by atoms with van der Waals surface area (Å²) in [6, 6.07) is 23.8. The molecule has 3 aromatic rings. The minimum atomic E-state index is -0.380. The number of fused-ring (bicyclic) bond motifs is 1. The highest BCUT2D eigenvalue weighted by Gasteiger charge is 2.17. The van der Waals surface area contributed by atoms with E-state index in [2.05, 4.69) is 29.6 Å². The number of carbonyl (C=O) groups is 1. The zero-order valence-electron chi connectivity index (χ0n) is 17.2. The highest BCUT2D eigenvalue weighted by molar-refractivity contribution is 6.01. The topological polar surface area (TPSA) is 71.3 Å². The number of nitrogens with zero attached hydrogens (tertiary/aromatic N) is 1. The Balaban J connectivity index is 1.37. The Labute approximate surface area is 181 Å². The molecule has 1 aliphatic rings. The molecule has 1 fully saturated rings. The number of amides is 1. The van der Waals surface area contributed by atoms with E-state index < -0.39 is 0 Å². The van der Waals surface area contributed by atoms with Gasteiger partial charge in [0.15, 0.2) is 0 Å². The fourth-order valence-electron chi connectivity index (χ4n) is 3.66. The Hall–Kier alpha value is -3.62. The average Bonchev–Trinajstić information content (AvgIpc) is 3.34. The quantitative estimate of drug-likeness (QED) is 0.454. The van der Waals surface area contributed by atoms with E-state index in [0.29, 0.717) is 13.2 Å². The number of hydrogen-bond donors (Lipinski definition) is 1. The first kappa shape index (κ1) is 20.6. The van der Waals surface area contributed by atoms with Crippen LogP contribution in [0.5, 0.6) is 5.75 Å². The lowest BCUT2D eigenvalue weighted by Gasteiger charge is -2.10. The van der Waals surface area contributed by atoms with Gasteiger partial charge in [-0.15, -0.1) is 0 Å². The van der Waals surface area contributed by atoms with E-state index in [1.54, 1.807) is 6.08 Å². The molecule has 1 atom stereocenters. The molecule has 1 heterocycles. The van der Waals surface area contributed by atoms with E-state index in [4.69, 9.17) is 9.47 Å². The summed E-state index contributed by atoms with van der Waals surface area (Å²) in [6.45, 7) is 1.63. The van der Waals surface area contributed by atoms with Gasteiger partial charge in [0.05, 0.1) is 6.10 Å². The SMILES string of the molecule is N#C/C(=C\c1ccc(OCc2cccc3ccccc23)cc1)C(=O)NC[C@@H]1CCCO1. The van der Waals surface area contributed by atoms with Gasteiger partial charge in [0.25, 0.3) is 5.91 Å². The molecule has 5 nitrogen and oxygen atoms in total. The molecule has 0 bridgehead atoms. The maximum Gasteiger partial charge on any atom is 0.262 e. The van der Waals surface area contributed by atoms with Gasteiger partial charge in [-0.2, -0.15) is 5.26 Å². The van der Waals surface area contributed by atoms with Crippen LogP contribution < -0.4 is 10.1 Å². The first-order valence-corrected chi connectivity index (χ1v) is 10.4. The molecule has 4 rings (SSSR count). The molecule has 0 spiro atoms. The molecule has 1 saturated heterocycles. The highest BCUT2D eigenvalue weighted by Crippen LogP contribution is 2.21. The summed E-state index contributed by atoms with van der Waals surface area (Å²) >= 11 is 0. The van der Waals surface area contributed by atoms with Crippen molar-refractivity contribution >= 4 is 22.8 Å². The van der Waals surface area contributed by atoms with Gasteiger partial charge in [0, 0.05) is 13.2 Å². The summed E-state index contributed by atoms with van der Waals surface area (Å²) in [5, 5.41) is 14.5. The summed E-state index contributed by atoms with van der Waals surface area (Å²) in [5.74, 6) is 0.348. The van der Waals surface area contributed by atoms with Crippen LogP contribution in [0.3, 0.4) is 0 Å². The van der Waals surface area contributed by atoms with E-state index in [9.17, 15) is 10.1 Å². The van der Waals surface area contributed by atoms with Crippen molar-refractivity contribution in [3.05, 3.63) is 83.4 Å². The molecular formula is C26H24N2O3. The molecule has 3 aromatic carbocycles. The van der Waals surface area contributed by atoms with E-state index in [1.807, 2.05) is 48.5 Å². The van der Waals surface area contributed by atoms with Crippen molar-refractivity contribution in [1.82, 2.24) is 5.32 Å². The first-order chi connectivity index (χ1) is 15.2. The third-order valence-corrected chi connectivity index (χ3v) is 5.34. The van der Waals surface area contributed by atoms with Gasteiger partial charge in [-0.3, -0.25) is 4.79 Å². The van der Waals surface area contributed by atoms with E-state index >= 15 is 0 Å².